The first-order valence-corrected chi connectivity index (χ1v) is 12.9. The van der Waals surface area contributed by atoms with E-state index in [1.807, 2.05) is 47.4 Å². The van der Waals surface area contributed by atoms with Crippen molar-refractivity contribution in [2.75, 3.05) is 13.7 Å². The number of ether oxygens (including phenoxy) is 2. The SMILES string of the molecule is CCCCCCCCCCCCN1C(=O)C(Oc2ccccc2)C1c1ccc(C(=O)OC)cc1. The molecule has 1 saturated heterocycles. The predicted molar refractivity (Wildman–Crippen MR) is 135 cm³/mol. The number of unbranched alkanes of at least 4 members (excludes halogenated alkanes) is 9. The number of esters is 1. The average Bonchev–Trinajstić information content (AvgIpc) is 2.88. The van der Waals surface area contributed by atoms with E-state index >= 15 is 0 Å². The molecule has 0 bridgehead atoms. The molecule has 5 heteroatoms. The first-order valence-electron chi connectivity index (χ1n) is 12.9. The van der Waals surface area contributed by atoms with Gasteiger partial charge in [0, 0.05) is 6.54 Å². The summed E-state index contributed by atoms with van der Waals surface area (Å²) in [7, 11) is 1.37. The molecule has 3 rings (SSSR count). The highest BCUT2D eigenvalue weighted by Gasteiger charge is 2.49. The maximum Gasteiger partial charge on any atom is 0.337 e. The van der Waals surface area contributed by atoms with Gasteiger partial charge < -0.3 is 14.4 Å². The molecule has 2 aromatic carbocycles. The Morgan fingerprint density at radius 1 is 0.824 bits per heavy atom. The van der Waals surface area contributed by atoms with E-state index in [0.717, 1.165) is 24.9 Å². The Hall–Kier alpha value is -2.82. The van der Waals surface area contributed by atoms with Crippen LogP contribution in [-0.4, -0.2) is 36.5 Å². The Balaban J connectivity index is 1.54. The zero-order valence-electron chi connectivity index (χ0n) is 20.7. The molecule has 1 aliphatic heterocycles. The summed E-state index contributed by atoms with van der Waals surface area (Å²) in [5, 5.41) is 0. The second-order valence-electron chi connectivity index (χ2n) is 9.12. The number of likely N-dealkylation sites (tertiary alicyclic amines) is 1. The molecule has 184 valence electrons. The molecule has 0 N–H and O–H groups in total. The average molecular weight is 466 g/mol. The van der Waals surface area contributed by atoms with E-state index in [4.69, 9.17) is 9.47 Å². The summed E-state index contributed by atoms with van der Waals surface area (Å²) in [4.78, 5) is 26.7. The number of para-hydroxylation sites is 1. The van der Waals surface area contributed by atoms with Crippen LogP contribution in [0.2, 0.25) is 0 Å². The van der Waals surface area contributed by atoms with Gasteiger partial charge >= 0.3 is 5.97 Å². The molecular formula is C29H39NO4. The lowest BCUT2D eigenvalue weighted by molar-refractivity contribution is -0.164. The number of rotatable bonds is 15. The van der Waals surface area contributed by atoms with Crippen LogP contribution in [0.4, 0.5) is 0 Å². The first-order chi connectivity index (χ1) is 16.7. The second kappa shape index (κ2) is 13.8. The van der Waals surface area contributed by atoms with Crippen LogP contribution in [0.5, 0.6) is 5.75 Å². The fourth-order valence-corrected chi connectivity index (χ4v) is 4.59. The Labute approximate surface area is 204 Å². The van der Waals surface area contributed by atoms with Gasteiger partial charge in [0.15, 0.2) is 0 Å². The number of carbonyl (C=O) groups is 2. The third-order valence-corrected chi connectivity index (χ3v) is 6.58. The number of benzene rings is 2. The zero-order chi connectivity index (χ0) is 24.2. The summed E-state index contributed by atoms with van der Waals surface area (Å²) >= 11 is 0. The Kier molecular flexibility index (Phi) is 10.5. The highest BCUT2D eigenvalue weighted by molar-refractivity contribution is 5.90. The molecule has 2 aromatic rings. The van der Waals surface area contributed by atoms with Crippen molar-refractivity contribution in [3.63, 3.8) is 0 Å². The molecule has 1 aliphatic rings. The Morgan fingerprint density at radius 3 is 2.00 bits per heavy atom. The molecule has 1 amide bonds. The van der Waals surface area contributed by atoms with Crippen LogP contribution in [-0.2, 0) is 9.53 Å². The lowest BCUT2D eigenvalue weighted by atomic mass is 9.89. The third kappa shape index (κ3) is 7.09. The maximum absolute atomic E-state index is 13.0. The fourth-order valence-electron chi connectivity index (χ4n) is 4.59. The summed E-state index contributed by atoms with van der Waals surface area (Å²) in [6, 6.07) is 16.6. The summed E-state index contributed by atoms with van der Waals surface area (Å²) in [5.41, 5.74) is 1.47. The Bertz CT molecular complexity index is 881. The number of carbonyl (C=O) groups excluding carboxylic acids is 2. The number of β-lactam (4-membered cyclic amide) rings is 1. The number of hydrogen-bond acceptors (Lipinski definition) is 4. The smallest absolute Gasteiger partial charge is 0.337 e. The molecule has 1 heterocycles. The van der Waals surface area contributed by atoms with Crippen molar-refractivity contribution in [2.24, 2.45) is 0 Å². The van der Waals surface area contributed by atoms with Gasteiger partial charge in [-0.3, -0.25) is 4.79 Å². The standard InChI is InChI=1S/C29H39NO4/c1-3-4-5-6-7-8-9-10-11-15-22-30-26(23-18-20-24(21-19-23)29(32)33-2)27(28(30)31)34-25-16-13-12-14-17-25/h12-14,16-21,26-27H,3-11,15,22H2,1-2H3. The largest absolute Gasteiger partial charge is 0.478 e. The monoisotopic (exact) mass is 465 g/mol. The number of amides is 1. The van der Waals surface area contributed by atoms with Crippen molar-refractivity contribution in [3.05, 3.63) is 65.7 Å². The van der Waals surface area contributed by atoms with Gasteiger partial charge in [-0.25, -0.2) is 4.79 Å². The van der Waals surface area contributed by atoms with E-state index < -0.39 is 6.10 Å². The van der Waals surface area contributed by atoms with Crippen molar-refractivity contribution in [1.29, 1.82) is 0 Å². The zero-order valence-corrected chi connectivity index (χ0v) is 20.7. The van der Waals surface area contributed by atoms with Crippen LogP contribution < -0.4 is 4.74 Å². The van der Waals surface area contributed by atoms with Crippen LogP contribution in [0.15, 0.2) is 54.6 Å². The topological polar surface area (TPSA) is 55.8 Å². The van der Waals surface area contributed by atoms with Gasteiger partial charge in [0.25, 0.3) is 5.91 Å². The van der Waals surface area contributed by atoms with Crippen molar-refractivity contribution < 1.29 is 19.1 Å². The molecule has 34 heavy (non-hydrogen) atoms. The molecule has 1 fully saturated rings. The minimum atomic E-state index is -0.547. The third-order valence-electron chi connectivity index (χ3n) is 6.58. The van der Waals surface area contributed by atoms with Gasteiger partial charge in [-0.2, -0.15) is 0 Å². The summed E-state index contributed by atoms with van der Waals surface area (Å²) in [5.74, 6) is 0.355. The van der Waals surface area contributed by atoms with E-state index in [9.17, 15) is 9.59 Å². The summed E-state index contributed by atoms with van der Waals surface area (Å²) in [6.45, 7) is 2.98. The number of nitrogens with zero attached hydrogens (tertiary/aromatic N) is 1. The van der Waals surface area contributed by atoms with E-state index in [0.29, 0.717) is 11.3 Å². The quantitative estimate of drug-likeness (QED) is 0.166. The first kappa shape index (κ1) is 25.8. The highest BCUT2D eigenvalue weighted by Crippen LogP contribution is 2.38. The molecule has 5 nitrogen and oxygen atoms in total. The predicted octanol–water partition coefficient (Wildman–Crippen LogP) is 6.73. The van der Waals surface area contributed by atoms with E-state index in [2.05, 4.69) is 6.92 Å². The minimum Gasteiger partial charge on any atom is -0.478 e. The molecule has 2 atom stereocenters. The van der Waals surface area contributed by atoms with Crippen LogP contribution >= 0.6 is 0 Å². The van der Waals surface area contributed by atoms with Crippen molar-refractivity contribution in [1.82, 2.24) is 4.90 Å². The summed E-state index contributed by atoms with van der Waals surface area (Å²) < 4.78 is 10.9. The summed E-state index contributed by atoms with van der Waals surface area (Å²) in [6.07, 6.45) is 12.1. The van der Waals surface area contributed by atoms with Crippen molar-refractivity contribution in [3.8, 4) is 5.75 Å². The van der Waals surface area contributed by atoms with Crippen LogP contribution in [0.3, 0.4) is 0 Å². The second-order valence-corrected chi connectivity index (χ2v) is 9.12. The lowest BCUT2D eigenvalue weighted by Gasteiger charge is -2.47. The van der Waals surface area contributed by atoms with Crippen molar-refractivity contribution >= 4 is 11.9 Å². The van der Waals surface area contributed by atoms with E-state index in [-0.39, 0.29) is 17.9 Å². The maximum atomic E-state index is 13.0. The molecular weight excluding hydrogens is 426 g/mol. The highest BCUT2D eigenvalue weighted by atomic mass is 16.5. The van der Waals surface area contributed by atoms with Crippen molar-refractivity contribution in [2.45, 2.75) is 83.3 Å². The number of methoxy groups -OCH3 is 1. The lowest BCUT2D eigenvalue weighted by Crippen LogP contribution is -2.61. The van der Waals surface area contributed by atoms with Gasteiger partial charge in [0.05, 0.1) is 12.7 Å². The van der Waals surface area contributed by atoms with Gasteiger partial charge in [-0.1, -0.05) is 95.0 Å². The molecule has 0 aliphatic carbocycles. The van der Waals surface area contributed by atoms with E-state index in [1.165, 1.54) is 58.5 Å². The van der Waals surface area contributed by atoms with Gasteiger partial charge in [0.1, 0.15) is 11.8 Å². The normalized spacial score (nSPS) is 17.4. The molecule has 0 radical (unpaired) electrons. The molecule has 0 saturated carbocycles. The van der Waals surface area contributed by atoms with Crippen LogP contribution in [0.1, 0.15) is 93.1 Å². The fraction of sp³-hybridized carbons (Fsp3) is 0.517. The van der Waals surface area contributed by atoms with E-state index in [1.54, 1.807) is 12.1 Å². The van der Waals surface area contributed by atoms with Gasteiger partial charge in [-0.15, -0.1) is 0 Å². The van der Waals surface area contributed by atoms with Gasteiger partial charge in [-0.05, 0) is 36.2 Å². The molecule has 0 spiro atoms. The molecule has 2 unspecified atom stereocenters. The van der Waals surface area contributed by atoms with Crippen LogP contribution in [0, 0.1) is 0 Å². The number of hydrogen-bond donors (Lipinski definition) is 0. The Morgan fingerprint density at radius 2 is 1.41 bits per heavy atom. The van der Waals surface area contributed by atoms with Crippen LogP contribution in [0.25, 0.3) is 0 Å². The van der Waals surface area contributed by atoms with Gasteiger partial charge in [0.2, 0.25) is 6.10 Å². The molecule has 0 aromatic heterocycles. The minimum absolute atomic E-state index is 0.0295.